The molecule has 1 atom stereocenters. The Labute approximate surface area is 93.2 Å². The largest absolute Gasteiger partial charge is 0.374 e. The molecule has 1 aliphatic carbocycles. The van der Waals surface area contributed by atoms with Crippen molar-refractivity contribution in [3.63, 3.8) is 0 Å². The maximum Gasteiger partial charge on any atom is 0.0826 e. The molecular weight excluding hydrogens is 188 g/mol. The van der Waals surface area contributed by atoms with Gasteiger partial charge in [0, 0.05) is 19.6 Å². The van der Waals surface area contributed by atoms with Crippen molar-refractivity contribution in [1.82, 2.24) is 10.2 Å². The van der Waals surface area contributed by atoms with Gasteiger partial charge in [0.25, 0.3) is 0 Å². The smallest absolute Gasteiger partial charge is 0.0826 e. The second-order valence-electron chi connectivity index (χ2n) is 4.84. The fourth-order valence-corrected chi connectivity index (χ4v) is 2.34. The highest BCUT2D eigenvalue weighted by Gasteiger charge is 2.20. The van der Waals surface area contributed by atoms with Gasteiger partial charge in [-0.1, -0.05) is 13.3 Å². The molecule has 15 heavy (non-hydrogen) atoms. The molecule has 1 N–H and O–H groups in total. The number of nitrogens with zero attached hydrogens (tertiary/aromatic N) is 1. The van der Waals surface area contributed by atoms with Crippen LogP contribution in [0.15, 0.2) is 0 Å². The molecule has 2 rings (SSSR count). The van der Waals surface area contributed by atoms with Gasteiger partial charge in [-0.3, -0.25) is 4.90 Å². The van der Waals surface area contributed by atoms with Crippen molar-refractivity contribution in [3.05, 3.63) is 0 Å². The van der Waals surface area contributed by atoms with Gasteiger partial charge in [0.1, 0.15) is 0 Å². The lowest BCUT2D eigenvalue weighted by Gasteiger charge is -2.33. The second-order valence-corrected chi connectivity index (χ2v) is 4.84. The number of morpholine rings is 1. The molecular formula is C12H24N2O. The Balaban J connectivity index is 1.56. The van der Waals surface area contributed by atoms with Gasteiger partial charge in [0.15, 0.2) is 0 Å². The Hall–Kier alpha value is -0.120. The maximum atomic E-state index is 5.74. The van der Waals surface area contributed by atoms with E-state index in [1.807, 2.05) is 0 Å². The van der Waals surface area contributed by atoms with Crippen LogP contribution >= 0.6 is 0 Å². The Morgan fingerprint density at radius 3 is 2.87 bits per heavy atom. The van der Waals surface area contributed by atoms with E-state index in [-0.39, 0.29) is 0 Å². The zero-order valence-electron chi connectivity index (χ0n) is 9.87. The summed E-state index contributed by atoms with van der Waals surface area (Å²) in [6, 6.07) is 0. The normalized spacial score (nSPS) is 29.0. The van der Waals surface area contributed by atoms with E-state index in [0.717, 1.165) is 38.7 Å². The molecule has 2 fully saturated rings. The van der Waals surface area contributed by atoms with E-state index in [2.05, 4.69) is 17.1 Å². The van der Waals surface area contributed by atoms with Crippen LogP contribution < -0.4 is 5.32 Å². The van der Waals surface area contributed by atoms with Crippen LogP contribution in [0.1, 0.15) is 26.2 Å². The van der Waals surface area contributed by atoms with E-state index in [4.69, 9.17) is 4.74 Å². The van der Waals surface area contributed by atoms with Crippen molar-refractivity contribution in [3.8, 4) is 0 Å². The van der Waals surface area contributed by atoms with Crippen molar-refractivity contribution in [2.24, 2.45) is 5.92 Å². The van der Waals surface area contributed by atoms with Crippen LogP contribution in [0.25, 0.3) is 0 Å². The molecule has 0 aromatic rings. The summed E-state index contributed by atoms with van der Waals surface area (Å²) < 4.78 is 5.74. The van der Waals surface area contributed by atoms with Crippen LogP contribution in [0.4, 0.5) is 0 Å². The number of likely N-dealkylation sites (N-methyl/N-ethyl adjacent to an activating group) is 1. The molecule has 1 aliphatic heterocycles. The number of rotatable bonds is 5. The minimum absolute atomic E-state index is 0.416. The SMILES string of the molecule is CCN1CCOC(CNCC2CCC2)C1. The molecule has 0 aromatic heterocycles. The summed E-state index contributed by atoms with van der Waals surface area (Å²) in [4.78, 5) is 2.47. The zero-order chi connectivity index (χ0) is 10.5. The van der Waals surface area contributed by atoms with E-state index in [1.165, 1.54) is 25.8 Å². The van der Waals surface area contributed by atoms with Crippen LogP contribution in [0.3, 0.4) is 0 Å². The Bertz CT molecular complexity index is 182. The second kappa shape index (κ2) is 5.83. The average Bonchev–Trinajstić information content (AvgIpc) is 2.22. The monoisotopic (exact) mass is 212 g/mol. The molecule has 1 saturated heterocycles. The van der Waals surface area contributed by atoms with Gasteiger partial charge in [-0.05, 0) is 31.8 Å². The molecule has 0 aromatic carbocycles. The van der Waals surface area contributed by atoms with E-state index in [1.54, 1.807) is 0 Å². The van der Waals surface area contributed by atoms with Crippen LogP contribution in [0.5, 0.6) is 0 Å². The number of nitrogens with one attached hydrogen (secondary N) is 1. The van der Waals surface area contributed by atoms with Crippen LogP contribution in [0.2, 0.25) is 0 Å². The third-order valence-electron chi connectivity index (χ3n) is 3.70. The third-order valence-corrected chi connectivity index (χ3v) is 3.70. The first-order valence-corrected chi connectivity index (χ1v) is 6.43. The molecule has 0 bridgehead atoms. The van der Waals surface area contributed by atoms with E-state index < -0.39 is 0 Å². The van der Waals surface area contributed by atoms with Gasteiger partial charge < -0.3 is 10.1 Å². The molecule has 2 aliphatic rings. The molecule has 3 nitrogen and oxygen atoms in total. The molecule has 88 valence electrons. The van der Waals surface area contributed by atoms with Crippen molar-refractivity contribution in [2.75, 3.05) is 39.3 Å². The summed E-state index contributed by atoms with van der Waals surface area (Å²) in [6.45, 7) is 8.74. The molecule has 1 heterocycles. The lowest BCUT2D eigenvalue weighted by Crippen LogP contribution is -2.47. The summed E-state index contributed by atoms with van der Waals surface area (Å²) >= 11 is 0. The number of hydrogen-bond acceptors (Lipinski definition) is 3. The van der Waals surface area contributed by atoms with Gasteiger partial charge >= 0.3 is 0 Å². The Morgan fingerprint density at radius 2 is 2.20 bits per heavy atom. The molecule has 0 amide bonds. The van der Waals surface area contributed by atoms with E-state index >= 15 is 0 Å². The Kier molecular flexibility index (Phi) is 4.42. The Morgan fingerprint density at radius 1 is 1.33 bits per heavy atom. The summed E-state index contributed by atoms with van der Waals surface area (Å²) in [7, 11) is 0. The quantitative estimate of drug-likeness (QED) is 0.738. The standard InChI is InChI=1S/C12H24N2O/c1-2-14-6-7-15-12(10-14)9-13-8-11-4-3-5-11/h11-13H,2-10H2,1H3. The van der Waals surface area contributed by atoms with Crippen molar-refractivity contribution < 1.29 is 4.74 Å². The fourth-order valence-electron chi connectivity index (χ4n) is 2.34. The van der Waals surface area contributed by atoms with Gasteiger partial charge in [0.05, 0.1) is 12.7 Å². The maximum absolute atomic E-state index is 5.74. The average molecular weight is 212 g/mol. The van der Waals surface area contributed by atoms with Crippen molar-refractivity contribution >= 4 is 0 Å². The molecule has 3 heteroatoms. The van der Waals surface area contributed by atoms with Crippen LogP contribution in [-0.2, 0) is 4.74 Å². The highest BCUT2D eigenvalue weighted by Crippen LogP contribution is 2.25. The minimum Gasteiger partial charge on any atom is -0.374 e. The van der Waals surface area contributed by atoms with E-state index in [9.17, 15) is 0 Å². The minimum atomic E-state index is 0.416. The predicted molar refractivity (Wildman–Crippen MR) is 62.1 cm³/mol. The zero-order valence-corrected chi connectivity index (χ0v) is 9.87. The summed E-state index contributed by atoms with van der Waals surface area (Å²) in [6.07, 6.45) is 4.72. The number of ether oxygens (including phenoxy) is 1. The van der Waals surface area contributed by atoms with Gasteiger partial charge in [0.2, 0.25) is 0 Å². The fraction of sp³-hybridized carbons (Fsp3) is 1.00. The summed E-state index contributed by atoms with van der Waals surface area (Å²) in [5.41, 5.74) is 0. The van der Waals surface area contributed by atoms with Crippen LogP contribution in [0, 0.1) is 5.92 Å². The first kappa shape index (κ1) is 11.4. The predicted octanol–water partition coefficient (Wildman–Crippen LogP) is 1.10. The topological polar surface area (TPSA) is 24.5 Å². The van der Waals surface area contributed by atoms with Gasteiger partial charge in [-0.15, -0.1) is 0 Å². The van der Waals surface area contributed by atoms with Crippen molar-refractivity contribution in [1.29, 1.82) is 0 Å². The summed E-state index contributed by atoms with van der Waals surface area (Å²) in [5.74, 6) is 0.955. The molecule has 1 unspecified atom stereocenters. The van der Waals surface area contributed by atoms with Crippen molar-refractivity contribution in [2.45, 2.75) is 32.3 Å². The van der Waals surface area contributed by atoms with Crippen LogP contribution in [-0.4, -0.2) is 50.3 Å². The molecule has 0 radical (unpaired) electrons. The summed E-state index contributed by atoms with van der Waals surface area (Å²) in [5, 5.41) is 3.55. The molecule has 0 spiro atoms. The lowest BCUT2D eigenvalue weighted by molar-refractivity contribution is -0.0258. The van der Waals surface area contributed by atoms with Gasteiger partial charge in [-0.2, -0.15) is 0 Å². The third kappa shape index (κ3) is 3.44. The highest BCUT2D eigenvalue weighted by molar-refractivity contribution is 4.76. The van der Waals surface area contributed by atoms with Gasteiger partial charge in [-0.25, -0.2) is 0 Å². The van der Waals surface area contributed by atoms with E-state index in [0.29, 0.717) is 6.10 Å². The highest BCUT2D eigenvalue weighted by atomic mass is 16.5. The molecule has 1 saturated carbocycles. The first-order valence-electron chi connectivity index (χ1n) is 6.43. The lowest BCUT2D eigenvalue weighted by atomic mass is 9.85. The number of hydrogen-bond donors (Lipinski definition) is 1. The first-order chi connectivity index (χ1) is 7.38.